The van der Waals surface area contributed by atoms with E-state index in [2.05, 4.69) is 16.9 Å². The van der Waals surface area contributed by atoms with Crippen LogP contribution in [0.15, 0.2) is 6.33 Å². The van der Waals surface area contributed by atoms with Crippen LogP contribution in [0.1, 0.15) is 31.2 Å². The number of nitrogens with zero attached hydrogens (tertiary/aromatic N) is 2. The molecule has 1 saturated heterocycles. The molecule has 1 amide bonds. The van der Waals surface area contributed by atoms with Crippen molar-refractivity contribution in [1.82, 2.24) is 14.9 Å². The Morgan fingerprint density at radius 2 is 2.43 bits per heavy atom. The highest BCUT2D eigenvalue weighted by molar-refractivity contribution is 5.80. The Hall–Kier alpha value is -1.32. The van der Waals surface area contributed by atoms with Crippen molar-refractivity contribution >= 4 is 5.91 Å². The lowest BCUT2D eigenvalue weighted by atomic mass is 9.89. The first kappa shape index (κ1) is 8.03. The number of carbonyl (C=O) groups excluding carboxylic acids is 1. The summed E-state index contributed by atoms with van der Waals surface area (Å²) in [4.78, 5) is 21.1. The molecule has 0 bridgehead atoms. The van der Waals surface area contributed by atoms with Crippen LogP contribution in [0.3, 0.4) is 0 Å². The van der Waals surface area contributed by atoms with Crippen molar-refractivity contribution in [3.63, 3.8) is 0 Å². The van der Waals surface area contributed by atoms with Crippen molar-refractivity contribution in [3.8, 4) is 0 Å². The Bertz CT molecular complexity index is 398. The average Bonchev–Trinajstić information content (AvgIpc) is 2.72. The molecule has 3 rings (SSSR count). The lowest BCUT2D eigenvalue weighted by molar-refractivity contribution is -0.131. The van der Waals surface area contributed by atoms with Gasteiger partial charge in [-0.25, -0.2) is 4.98 Å². The molecule has 2 aliphatic heterocycles. The number of aromatic nitrogens is 2. The third-order valence-electron chi connectivity index (χ3n) is 3.54. The fourth-order valence-corrected chi connectivity index (χ4v) is 2.71. The number of nitrogens with one attached hydrogen (secondary N) is 1. The summed E-state index contributed by atoms with van der Waals surface area (Å²) in [6.45, 7) is 2.96. The van der Waals surface area contributed by atoms with Gasteiger partial charge >= 0.3 is 0 Å². The molecule has 0 spiro atoms. The van der Waals surface area contributed by atoms with Gasteiger partial charge in [-0.3, -0.25) is 4.79 Å². The normalized spacial score (nSPS) is 30.4. The van der Waals surface area contributed by atoms with Gasteiger partial charge in [0.05, 0.1) is 17.6 Å². The Morgan fingerprint density at radius 1 is 1.57 bits per heavy atom. The first-order chi connectivity index (χ1) is 6.72. The number of hydrogen-bond donors (Lipinski definition) is 1. The van der Waals surface area contributed by atoms with E-state index in [-0.39, 0.29) is 11.4 Å². The molecule has 1 N–H and O–H groups in total. The molecular formula is C10H13N3O. The summed E-state index contributed by atoms with van der Waals surface area (Å²) in [6, 6.07) is 0. The highest BCUT2D eigenvalue weighted by Crippen LogP contribution is 2.42. The molecular weight excluding hydrogens is 178 g/mol. The molecule has 1 aromatic rings. The maximum Gasteiger partial charge on any atom is 0.223 e. The summed E-state index contributed by atoms with van der Waals surface area (Å²) in [5.74, 6) is 0.279. The topological polar surface area (TPSA) is 49.0 Å². The van der Waals surface area contributed by atoms with Crippen LogP contribution >= 0.6 is 0 Å². The predicted molar refractivity (Wildman–Crippen MR) is 50.6 cm³/mol. The number of H-pyrrole nitrogens is 1. The molecule has 3 heterocycles. The summed E-state index contributed by atoms with van der Waals surface area (Å²) in [7, 11) is 0. The van der Waals surface area contributed by atoms with Crippen molar-refractivity contribution in [2.45, 2.75) is 31.7 Å². The van der Waals surface area contributed by atoms with Crippen molar-refractivity contribution in [2.24, 2.45) is 0 Å². The van der Waals surface area contributed by atoms with Gasteiger partial charge < -0.3 is 9.88 Å². The number of hydrogen-bond acceptors (Lipinski definition) is 2. The van der Waals surface area contributed by atoms with Crippen molar-refractivity contribution < 1.29 is 4.79 Å². The van der Waals surface area contributed by atoms with Gasteiger partial charge in [0.15, 0.2) is 0 Å². The number of carbonyl (C=O) groups is 1. The van der Waals surface area contributed by atoms with Gasteiger partial charge in [-0.1, -0.05) is 0 Å². The number of fused-ring (bicyclic) bond motifs is 3. The fourth-order valence-electron chi connectivity index (χ4n) is 2.71. The maximum atomic E-state index is 11.6. The van der Waals surface area contributed by atoms with Crippen LogP contribution in [0.2, 0.25) is 0 Å². The van der Waals surface area contributed by atoms with Crippen LogP contribution in [-0.2, 0) is 16.8 Å². The van der Waals surface area contributed by atoms with E-state index in [9.17, 15) is 4.79 Å². The fraction of sp³-hybridized carbons (Fsp3) is 0.600. The quantitative estimate of drug-likeness (QED) is 0.659. The lowest BCUT2D eigenvalue weighted by Gasteiger charge is -2.38. The maximum absolute atomic E-state index is 11.6. The minimum absolute atomic E-state index is 0.134. The Morgan fingerprint density at radius 3 is 3.29 bits per heavy atom. The molecule has 1 atom stereocenters. The summed E-state index contributed by atoms with van der Waals surface area (Å²) >= 11 is 0. The molecule has 0 aromatic carbocycles. The zero-order valence-corrected chi connectivity index (χ0v) is 8.21. The Labute approximate surface area is 82.3 Å². The first-order valence-corrected chi connectivity index (χ1v) is 5.05. The molecule has 1 fully saturated rings. The second-order valence-electron chi connectivity index (χ2n) is 4.30. The Kier molecular flexibility index (Phi) is 1.36. The van der Waals surface area contributed by atoms with Gasteiger partial charge in [0, 0.05) is 25.1 Å². The number of aromatic amines is 1. The predicted octanol–water partition coefficient (Wildman–Crippen LogP) is 0.803. The van der Waals surface area contributed by atoms with Crippen molar-refractivity contribution in [3.05, 3.63) is 17.7 Å². The summed E-state index contributed by atoms with van der Waals surface area (Å²) < 4.78 is 0. The number of rotatable bonds is 0. The standard InChI is InChI=1S/C10H13N3O/c1-10-4-2-8(14)13(10)5-3-7-9(10)12-6-11-7/h6H,2-5H2,1H3,(H,11,12). The third-order valence-corrected chi connectivity index (χ3v) is 3.54. The molecule has 74 valence electrons. The number of amides is 1. The third kappa shape index (κ3) is 0.786. The lowest BCUT2D eigenvalue weighted by Crippen LogP contribution is -2.46. The number of imidazole rings is 1. The van der Waals surface area contributed by atoms with Gasteiger partial charge in [-0.05, 0) is 13.3 Å². The van der Waals surface area contributed by atoms with E-state index >= 15 is 0 Å². The van der Waals surface area contributed by atoms with Crippen LogP contribution in [-0.4, -0.2) is 27.3 Å². The van der Waals surface area contributed by atoms with Gasteiger partial charge in [0.25, 0.3) is 0 Å². The molecule has 0 radical (unpaired) electrons. The van der Waals surface area contributed by atoms with Gasteiger partial charge in [-0.15, -0.1) is 0 Å². The van der Waals surface area contributed by atoms with Gasteiger partial charge in [-0.2, -0.15) is 0 Å². The average molecular weight is 191 g/mol. The monoisotopic (exact) mass is 191 g/mol. The molecule has 2 aliphatic rings. The summed E-state index contributed by atoms with van der Waals surface area (Å²) in [6.07, 6.45) is 4.23. The minimum Gasteiger partial charge on any atom is -0.348 e. The SMILES string of the molecule is CC12CCC(=O)N1CCc1[nH]cnc12. The van der Waals surface area contributed by atoms with Crippen LogP contribution in [0.25, 0.3) is 0 Å². The highest BCUT2D eigenvalue weighted by Gasteiger charge is 2.47. The van der Waals surface area contributed by atoms with E-state index in [4.69, 9.17) is 0 Å². The zero-order chi connectivity index (χ0) is 9.76. The second kappa shape index (κ2) is 2.38. The van der Waals surface area contributed by atoms with E-state index in [1.807, 2.05) is 4.90 Å². The smallest absolute Gasteiger partial charge is 0.223 e. The van der Waals surface area contributed by atoms with Crippen LogP contribution in [0.5, 0.6) is 0 Å². The van der Waals surface area contributed by atoms with Crippen LogP contribution in [0, 0.1) is 0 Å². The second-order valence-corrected chi connectivity index (χ2v) is 4.30. The molecule has 1 aromatic heterocycles. The molecule has 4 nitrogen and oxygen atoms in total. The molecule has 0 saturated carbocycles. The first-order valence-electron chi connectivity index (χ1n) is 5.05. The molecule has 4 heteroatoms. The molecule has 14 heavy (non-hydrogen) atoms. The van der Waals surface area contributed by atoms with Crippen molar-refractivity contribution in [1.29, 1.82) is 0 Å². The van der Waals surface area contributed by atoms with E-state index in [1.54, 1.807) is 6.33 Å². The van der Waals surface area contributed by atoms with Crippen molar-refractivity contribution in [2.75, 3.05) is 6.54 Å². The largest absolute Gasteiger partial charge is 0.348 e. The summed E-state index contributed by atoms with van der Waals surface area (Å²) in [5, 5.41) is 0. The molecule has 1 unspecified atom stereocenters. The summed E-state index contributed by atoms with van der Waals surface area (Å²) in [5.41, 5.74) is 2.15. The van der Waals surface area contributed by atoms with E-state index in [0.29, 0.717) is 6.42 Å². The molecule has 0 aliphatic carbocycles. The minimum atomic E-state index is -0.134. The van der Waals surface area contributed by atoms with E-state index in [1.165, 1.54) is 5.69 Å². The van der Waals surface area contributed by atoms with Gasteiger partial charge in [0.2, 0.25) is 5.91 Å². The highest BCUT2D eigenvalue weighted by atomic mass is 16.2. The van der Waals surface area contributed by atoms with Crippen LogP contribution in [0.4, 0.5) is 0 Å². The van der Waals surface area contributed by atoms with Crippen LogP contribution < -0.4 is 0 Å². The zero-order valence-electron chi connectivity index (χ0n) is 8.21. The van der Waals surface area contributed by atoms with E-state index in [0.717, 1.165) is 25.1 Å². The van der Waals surface area contributed by atoms with Gasteiger partial charge in [0.1, 0.15) is 0 Å². The van der Waals surface area contributed by atoms with E-state index < -0.39 is 0 Å². The Balaban J connectivity index is 2.15.